The summed E-state index contributed by atoms with van der Waals surface area (Å²) in [7, 11) is 0. The standard InChI is InChI=1S/C33H45F2N3O3/c1-32(2,3)28-22-37(30(24-11-13-25(34)14-12-24)26-9-7-8-10-27(26)35)19-20-38(28)29(39)21-23-15-17-36(18-16-23)31(40)41-33(4,5)6/h7-14,23,28,30H,15-22H2,1-6H3/t28-,30?/m1/s1. The second-order valence-corrected chi connectivity index (χ2v) is 13.6. The third-order valence-corrected chi connectivity index (χ3v) is 8.21. The van der Waals surface area contributed by atoms with E-state index >= 15 is 4.39 Å². The van der Waals surface area contributed by atoms with E-state index in [-0.39, 0.29) is 41.0 Å². The van der Waals surface area contributed by atoms with Crippen LogP contribution >= 0.6 is 0 Å². The molecule has 0 aliphatic carbocycles. The third-order valence-electron chi connectivity index (χ3n) is 8.21. The third kappa shape index (κ3) is 7.85. The van der Waals surface area contributed by atoms with Gasteiger partial charge in [-0.2, -0.15) is 0 Å². The van der Waals surface area contributed by atoms with Crippen molar-refractivity contribution in [3.63, 3.8) is 0 Å². The van der Waals surface area contributed by atoms with E-state index in [1.165, 1.54) is 18.2 Å². The summed E-state index contributed by atoms with van der Waals surface area (Å²) in [6.45, 7) is 14.8. The van der Waals surface area contributed by atoms with Gasteiger partial charge in [0.25, 0.3) is 0 Å². The molecule has 41 heavy (non-hydrogen) atoms. The number of ether oxygens (including phenoxy) is 1. The fourth-order valence-corrected chi connectivity index (χ4v) is 6.02. The SMILES string of the molecule is CC(C)(C)OC(=O)N1CCC(CC(=O)N2CCN(C(c3ccc(F)cc3)c3ccccc3F)C[C@@H]2C(C)(C)C)CC1. The molecule has 1 unspecified atom stereocenters. The number of hydrogen-bond acceptors (Lipinski definition) is 4. The maximum atomic E-state index is 15.1. The molecule has 0 saturated carbocycles. The van der Waals surface area contributed by atoms with Crippen LogP contribution in [-0.2, 0) is 9.53 Å². The van der Waals surface area contributed by atoms with Gasteiger partial charge < -0.3 is 14.5 Å². The molecule has 224 valence electrons. The molecule has 0 spiro atoms. The molecule has 0 aromatic heterocycles. The number of piperazine rings is 1. The molecule has 2 fully saturated rings. The molecule has 0 radical (unpaired) electrons. The van der Waals surface area contributed by atoms with Crippen LogP contribution in [0.25, 0.3) is 0 Å². The van der Waals surface area contributed by atoms with Crippen molar-refractivity contribution in [1.82, 2.24) is 14.7 Å². The Balaban J connectivity index is 1.47. The Bertz CT molecular complexity index is 1200. The Morgan fingerprint density at radius 2 is 1.54 bits per heavy atom. The molecule has 2 aliphatic rings. The Hall–Kier alpha value is -3.00. The van der Waals surface area contributed by atoms with E-state index in [2.05, 4.69) is 25.7 Å². The van der Waals surface area contributed by atoms with Crippen molar-refractivity contribution in [1.29, 1.82) is 0 Å². The first-order chi connectivity index (χ1) is 19.2. The van der Waals surface area contributed by atoms with Gasteiger partial charge in [0.15, 0.2) is 0 Å². The number of likely N-dealkylation sites (tertiary alicyclic amines) is 1. The number of nitrogens with zero attached hydrogens (tertiary/aromatic N) is 3. The minimum absolute atomic E-state index is 0.0830. The number of carbonyl (C=O) groups is 2. The molecule has 2 aliphatic heterocycles. The van der Waals surface area contributed by atoms with E-state index in [9.17, 15) is 14.0 Å². The van der Waals surface area contributed by atoms with E-state index < -0.39 is 11.6 Å². The number of halogens is 2. The Kier molecular flexibility index (Phi) is 9.42. The average molecular weight is 570 g/mol. The molecule has 4 rings (SSSR count). The summed E-state index contributed by atoms with van der Waals surface area (Å²) >= 11 is 0. The average Bonchev–Trinajstić information content (AvgIpc) is 2.90. The Labute approximate surface area is 243 Å². The maximum Gasteiger partial charge on any atom is 0.410 e. The maximum absolute atomic E-state index is 15.1. The Morgan fingerprint density at radius 1 is 0.902 bits per heavy atom. The van der Waals surface area contributed by atoms with Crippen LogP contribution in [0.1, 0.15) is 78.0 Å². The summed E-state index contributed by atoms with van der Waals surface area (Å²) in [6, 6.07) is 12.5. The lowest BCUT2D eigenvalue weighted by atomic mass is 9.82. The van der Waals surface area contributed by atoms with Crippen LogP contribution in [0.3, 0.4) is 0 Å². The fraction of sp³-hybridized carbons (Fsp3) is 0.576. The molecule has 0 N–H and O–H groups in total. The molecular formula is C33H45F2N3O3. The molecule has 2 aromatic rings. The lowest BCUT2D eigenvalue weighted by Gasteiger charge is -2.50. The number of rotatable bonds is 5. The molecule has 2 heterocycles. The predicted octanol–water partition coefficient (Wildman–Crippen LogP) is 6.65. The topological polar surface area (TPSA) is 53.1 Å². The van der Waals surface area contributed by atoms with Gasteiger partial charge in [-0.1, -0.05) is 51.1 Å². The van der Waals surface area contributed by atoms with E-state index in [0.717, 1.165) is 18.4 Å². The van der Waals surface area contributed by atoms with Gasteiger partial charge in [0.2, 0.25) is 5.91 Å². The van der Waals surface area contributed by atoms with Gasteiger partial charge in [-0.3, -0.25) is 9.69 Å². The summed E-state index contributed by atoms with van der Waals surface area (Å²) in [5.74, 6) is -0.291. The van der Waals surface area contributed by atoms with Crippen molar-refractivity contribution in [2.75, 3.05) is 32.7 Å². The number of benzene rings is 2. The van der Waals surface area contributed by atoms with Crippen molar-refractivity contribution < 1.29 is 23.1 Å². The van der Waals surface area contributed by atoms with Crippen molar-refractivity contribution in [3.8, 4) is 0 Å². The van der Waals surface area contributed by atoms with Crippen LogP contribution in [-0.4, -0.2) is 71.1 Å². The molecule has 2 atom stereocenters. The van der Waals surface area contributed by atoms with E-state index in [4.69, 9.17) is 4.74 Å². The molecule has 8 heteroatoms. The lowest BCUT2D eigenvalue weighted by Crippen LogP contribution is -2.60. The number of hydrogen-bond donors (Lipinski definition) is 0. The van der Waals surface area contributed by atoms with E-state index in [1.807, 2.05) is 31.7 Å². The second kappa shape index (κ2) is 12.5. The molecule has 2 aromatic carbocycles. The van der Waals surface area contributed by atoms with Crippen LogP contribution in [0.4, 0.5) is 13.6 Å². The van der Waals surface area contributed by atoms with Gasteiger partial charge in [-0.15, -0.1) is 0 Å². The van der Waals surface area contributed by atoms with Gasteiger partial charge >= 0.3 is 6.09 Å². The molecular weight excluding hydrogens is 524 g/mol. The van der Waals surface area contributed by atoms with Gasteiger partial charge in [0.05, 0.1) is 6.04 Å². The normalized spacial score (nSPS) is 20.1. The van der Waals surface area contributed by atoms with Gasteiger partial charge in [0, 0.05) is 50.7 Å². The van der Waals surface area contributed by atoms with Crippen LogP contribution in [0.2, 0.25) is 0 Å². The van der Waals surface area contributed by atoms with Gasteiger partial charge in [0.1, 0.15) is 17.2 Å². The number of carbonyl (C=O) groups excluding carboxylic acids is 2. The lowest BCUT2D eigenvalue weighted by molar-refractivity contribution is -0.141. The molecule has 2 saturated heterocycles. The fourth-order valence-electron chi connectivity index (χ4n) is 6.02. The summed E-state index contributed by atoms with van der Waals surface area (Å²) < 4.78 is 34.4. The summed E-state index contributed by atoms with van der Waals surface area (Å²) in [6.07, 6.45) is 1.69. The van der Waals surface area contributed by atoms with Crippen LogP contribution in [0.5, 0.6) is 0 Å². The van der Waals surface area contributed by atoms with Crippen molar-refractivity contribution >= 4 is 12.0 Å². The summed E-state index contributed by atoms with van der Waals surface area (Å²) in [5.41, 5.74) is 0.622. The first-order valence-electron chi connectivity index (χ1n) is 14.7. The minimum Gasteiger partial charge on any atom is -0.444 e. The first kappa shape index (κ1) is 30.9. The zero-order chi connectivity index (χ0) is 29.9. The molecule has 2 amide bonds. The largest absolute Gasteiger partial charge is 0.444 e. The van der Waals surface area contributed by atoms with Crippen LogP contribution in [0, 0.1) is 23.0 Å². The van der Waals surface area contributed by atoms with Crippen LogP contribution in [0.15, 0.2) is 48.5 Å². The van der Waals surface area contributed by atoms with Crippen molar-refractivity contribution in [3.05, 3.63) is 71.3 Å². The molecule has 0 bridgehead atoms. The monoisotopic (exact) mass is 569 g/mol. The predicted molar refractivity (Wildman–Crippen MR) is 156 cm³/mol. The quantitative estimate of drug-likeness (QED) is 0.405. The van der Waals surface area contributed by atoms with Crippen molar-refractivity contribution in [2.24, 2.45) is 11.3 Å². The first-order valence-corrected chi connectivity index (χ1v) is 14.7. The summed E-state index contributed by atoms with van der Waals surface area (Å²) in [5, 5.41) is 0. The van der Waals surface area contributed by atoms with Gasteiger partial charge in [-0.05, 0) is 68.7 Å². The van der Waals surface area contributed by atoms with Gasteiger partial charge in [-0.25, -0.2) is 13.6 Å². The highest BCUT2D eigenvalue weighted by atomic mass is 19.1. The summed E-state index contributed by atoms with van der Waals surface area (Å²) in [4.78, 5) is 32.2. The second-order valence-electron chi connectivity index (χ2n) is 13.6. The van der Waals surface area contributed by atoms with E-state index in [1.54, 1.807) is 29.2 Å². The van der Waals surface area contributed by atoms with E-state index in [0.29, 0.717) is 44.7 Å². The minimum atomic E-state index is -0.532. The Morgan fingerprint density at radius 3 is 2.12 bits per heavy atom. The zero-order valence-electron chi connectivity index (χ0n) is 25.3. The highest BCUT2D eigenvalue weighted by Gasteiger charge is 2.41. The number of piperidine rings is 1. The van der Waals surface area contributed by atoms with Crippen LogP contribution < -0.4 is 0 Å². The smallest absolute Gasteiger partial charge is 0.410 e. The highest BCUT2D eigenvalue weighted by Crippen LogP contribution is 2.37. The zero-order valence-corrected chi connectivity index (χ0v) is 25.3. The molecule has 6 nitrogen and oxygen atoms in total. The highest BCUT2D eigenvalue weighted by molar-refractivity contribution is 5.77. The van der Waals surface area contributed by atoms with Crippen molar-refractivity contribution in [2.45, 2.75) is 78.5 Å². The number of amides is 2.